The van der Waals surface area contributed by atoms with E-state index in [1.54, 1.807) is 24.3 Å². The van der Waals surface area contributed by atoms with E-state index in [9.17, 15) is 14.4 Å². The number of urea groups is 1. The Balaban J connectivity index is 1.45. The number of benzene rings is 1. The number of nitrogens with zero attached hydrogens (tertiary/aromatic N) is 2. The van der Waals surface area contributed by atoms with Gasteiger partial charge in [0.25, 0.3) is 0 Å². The summed E-state index contributed by atoms with van der Waals surface area (Å²) in [6.07, 6.45) is 1.53. The summed E-state index contributed by atoms with van der Waals surface area (Å²) in [5.74, 6) is 0.108. The Morgan fingerprint density at radius 3 is 2.59 bits per heavy atom. The van der Waals surface area contributed by atoms with Crippen LogP contribution >= 0.6 is 15.9 Å². The van der Waals surface area contributed by atoms with Gasteiger partial charge >= 0.3 is 6.03 Å². The van der Waals surface area contributed by atoms with Crippen molar-refractivity contribution in [3.8, 4) is 0 Å². The molecule has 0 atom stereocenters. The number of nitrogens with one attached hydrogen (secondary N) is 2. The zero-order chi connectivity index (χ0) is 19.2. The third kappa shape index (κ3) is 5.33. The number of amides is 4. The predicted octanol–water partition coefficient (Wildman–Crippen LogP) is 2.03. The van der Waals surface area contributed by atoms with Crippen molar-refractivity contribution in [2.45, 2.75) is 6.54 Å². The summed E-state index contributed by atoms with van der Waals surface area (Å²) in [5, 5.41) is 5.46. The summed E-state index contributed by atoms with van der Waals surface area (Å²) in [5.41, 5.74) is 0.649. The highest BCUT2D eigenvalue weighted by molar-refractivity contribution is 9.10. The van der Waals surface area contributed by atoms with Crippen molar-refractivity contribution in [1.29, 1.82) is 0 Å². The van der Waals surface area contributed by atoms with E-state index < -0.39 is 0 Å². The fraction of sp³-hybridized carbons (Fsp3) is 0.278. The molecule has 0 radical (unpaired) electrons. The van der Waals surface area contributed by atoms with E-state index in [1.165, 1.54) is 16.1 Å². The topological polar surface area (TPSA) is 94.9 Å². The van der Waals surface area contributed by atoms with Gasteiger partial charge in [0.05, 0.1) is 19.4 Å². The minimum Gasteiger partial charge on any atom is -0.467 e. The van der Waals surface area contributed by atoms with E-state index >= 15 is 0 Å². The molecule has 1 saturated heterocycles. The van der Waals surface area contributed by atoms with Crippen LogP contribution in [0.15, 0.2) is 51.6 Å². The molecular formula is C18H19BrN4O4. The number of piperazine rings is 1. The standard InChI is InChI=1S/C18H19BrN4O4/c19-13-3-5-14(6-4-13)21-18(26)23-8-7-22(17(25)12-23)11-16(24)20-10-15-2-1-9-27-15/h1-6,9H,7-8,10-12H2,(H,20,24)(H,21,26). The average molecular weight is 435 g/mol. The molecule has 0 unspecified atom stereocenters. The number of rotatable bonds is 5. The van der Waals surface area contributed by atoms with E-state index in [2.05, 4.69) is 26.6 Å². The second-order valence-electron chi connectivity index (χ2n) is 6.03. The zero-order valence-corrected chi connectivity index (χ0v) is 16.1. The maximum atomic E-state index is 12.3. The Bertz CT molecular complexity index is 807. The second-order valence-corrected chi connectivity index (χ2v) is 6.95. The summed E-state index contributed by atoms with van der Waals surface area (Å²) in [6, 6.07) is 10.3. The lowest BCUT2D eigenvalue weighted by Crippen LogP contribution is -2.55. The molecule has 8 nitrogen and oxygen atoms in total. The highest BCUT2D eigenvalue weighted by atomic mass is 79.9. The first-order valence-corrected chi connectivity index (χ1v) is 9.19. The van der Waals surface area contributed by atoms with Crippen LogP contribution in [0.4, 0.5) is 10.5 Å². The molecule has 2 heterocycles. The SMILES string of the molecule is O=C(CN1CCN(C(=O)Nc2ccc(Br)cc2)CC1=O)NCc1ccco1. The number of hydrogen-bond acceptors (Lipinski definition) is 4. The molecule has 0 bridgehead atoms. The highest BCUT2D eigenvalue weighted by Crippen LogP contribution is 2.15. The molecule has 0 aliphatic carbocycles. The predicted molar refractivity (Wildman–Crippen MR) is 102 cm³/mol. The van der Waals surface area contributed by atoms with Crippen molar-refractivity contribution in [1.82, 2.24) is 15.1 Å². The lowest BCUT2D eigenvalue weighted by atomic mass is 10.3. The minimum atomic E-state index is -0.340. The number of hydrogen-bond donors (Lipinski definition) is 2. The summed E-state index contributed by atoms with van der Waals surface area (Å²) in [6.45, 7) is 0.839. The Hall–Kier alpha value is -2.81. The first-order valence-electron chi connectivity index (χ1n) is 8.39. The molecule has 1 fully saturated rings. The van der Waals surface area contributed by atoms with Crippen molar-refractivity contribution < 1.29 is 18.8 Å². The Kier molecular flexibility index (Phi) is 6.12. The van der Waals surface area contributed by atoms with Gasteiger partial charge in [-0.2, -0.15) is 0 Å². The van der Waals surface area contributed by atoms with Crippen molar-refractivity contribution >= 4 is 39.5 Å². The Morgan fingerprint density at radius 2 is 1.93 bits per heavy atom. The molecule has 2 N–H and O–H groups in total. The monoisotopic (exact) mass is 434 g/mol. The van der Waals surface area contributed by atoms with Crippen LogP contribution in [0.3, 0.4) is 0 Å². The fourth-order valence-electron chi connectivity index (χ4n) is 2.61. The molecule has 1 aliphatic heterocycles. The van der Waals surface area contributed by atoms with Gasteiger partial charge < -0.3 is 24.9 Å². The summed E-state index contributed by atoms with van der Waals surface area (Å²) in [4.78, 5) is 39.4. The molecular weight excluding hydrogens is 416 g/mol. The molecule has 0 saturated carbocycles. The molecule has 4 amide bonds. The van der Waals surface area contributed by atoms with Gasteiger partial charge in [-0.1, -0.05) is 15.9 Å². The summed E-state index contributed by atoms with van der Waals surface area (Å²) < 4.78 is 6.05. The summed E-state index contributed by atoms with van der Waals surface area (Å²) >= 11 is 3.33. The van der Waals surface area contributed by atoms with Crippen molar-refractivity contribution in [2.24, 2.45) is 0 Å². The largest absolute Gasteiger partial charge is 0.467 e. The molecule has 1 aromatic heterocycles. The number of halogens is 1. The first-order chi connectivity index (χ1) is 13.0. The van der Waals surface area contributed by atoms with Crippen LogP contribution in [0.2, 0.25) is 0 Å². The quantitative estimate of drug-likeness (QED) is 0.752. The maximum absolute atomic E-state index is 12.3. The third-order valence-corrected chi connectivity index (χ3v) is 4.60. The van der Waals surface area contributed by atoms with Gasteiger partial charge in [0.15, 0.2) is 0 Å². The first kappa shape index (κ1) is 19.0. The van der Waals surface area contributed by atoms with E-state index in [-0.39, 0.29) is 37.5 Å². The maximum Gasteiger partial charge on any atom is 0.322 e. The normalized spacial score (nSPS) is 14.2. The molecule has 9 heteroatoms. The number of carbonyl (C=O) groups is 3. The lowest BCUT2D eigenvalue weighted by molar-refractivity contribution is -0.139. The van der Waals surface area contributed by atoms with Gasteiger partial charge in [-0.25, -0.2) is 4.79 Å². The number of anilines is 1. The van der Waals surface area contributed by atoms with E-state index in [4.69, 9.17) is 4.42 Å². The minimum absolute atomic E-state index is 0.0400. The lowest BCUT2D eigenvalue weighted by Gasteiger charge is -2.33. The third-order valence-electron chi connectivity index (χ3n) is 4.08. The van der Waals surface area contributed by atoms with Crippen molar-refractivity contribution in [3.63, 3.8) is 0 Å². The van der Waals surface area contributed by atoms with E-state index in [0.29, 0.717) is 24.5 Å². The summed E-state index contributed by atoms with van der Waals surface area (Å²) in [7, 11) is 0. The van der Waals surface area contributed by atoms with Gasteiger partial charge in [0.2, 0.25) is 11.8 Å². The Labute approximate surface area is 164 Å². The van der Waals surface area contributed by atoms with Crippen molar-refractivity contribution in [3.05, 3.63) is 52.9 Å². The smallest absolute Gasteiger partial charge is 0.322 e. The fourth-order valence-corrected chi connectivity index (χ4v) is 2.88. The number of carbonyl (C=O) groups excluding carboxylic acids is 3. The van der Waals surface area contributed by atoms with Gasteiger partial charge in [0.1, 0.15) is 12.3 Å². The van der Waals surface area contributed by atoms with Crippen molar-refractivity contribution in [2.75, 3.05) is 31.5 Å². The van der Waals surface area contributed by atoms with Crippen LogP contribution < -0.4 is 10.6 Å². The zero-order valence-electron chi connectivity index (χ0n) is 14.5. The second kappa shape index (κ2) is 8.72. The van der Waals surface area contributed by atoms with Crippen LogP contribution in [0.1, 0.15) is 5.76 Å². The van der Waals surface area contributed by atoms with Gasteiger partial charge in [-0.3, -0.25) is 9.59 Å². The van der Waals surface area contributed by atoms with Crippen LogP contribution in [-0.2, 0) is 16.1 Å². The highest BCUT2D eigenvalue weighted by Gasteiger charge is 2.28. The molecule has 142 valence electrons. The van der Waals surface area contributed by atoms with Crippen LogP contribution in [0, 0.1) is 0 Å². The van der Waals surface area contributed by atoms with Crippen LogP contribution in [-0.4, -0.2) is 53.8 Å². The Morgan fingerprint density at radius 1 is 1.15 bits per heavy atom. The number of furan rings is 1. The molecule has 27 heavy (non-hydrogen) atoms. The van der Waals surface area contributed by atoms with Gasteiger partial charge in [-0.15, -0.1) is 0 Å². The van der Waals surface area contributed by atoms with Gasteiger partial charge in [-0.05, 0) is 36.4 Å². The van der Waals surface area contributed by atoms with Crippen LogP contribution in [0.25, 0.3) is 0 Å². The molecule has 1 aromatic carbocycles. The molecule has 0 spiro atoms. The van der Waals surface area contributed by atoms with Crippen LogP contribution in [0.5, 0.6) is 0 Å². The molecule has 3 rings (SSSR count). The average Bonchev–Trinajstić information content (AvgIpc) is 3.17. The van der Waals surface area contributed by atoms with E-state index in [1.807, 2.05) is 12.1 Å². The molecule has 1 aliphatic rings. The van der Waals surface area contributed by atoms with E-state index in [0.717, 1.165) is 4.47 Å². The van der Waals surface area contributed by atoms with Gasteiger partial charge in [0, 0.05) is 23.2 Å². The molecule has 2 aromatic rings.